The van der Waals surface area contributed by atoms with Crippen LogP contribution in [0, 0.1) is 0 Å². The number of H-pyrrole nitrogens is 1. The Morgan fingerprint density at radius 1 is 1.13 bits per heavy atom. The highest BCUT2D eigenvalue weighted by Crippen LogP contribution is 2.28. The molecule has 156 valence electrons. The number of nitrogens with zero attached hydrogens (tertiary/aromatic N) is 1. The molecule has 2 aliphatic heterocycles. The molecule has 0 amide bonds. The normalized spacial score (nSPS) is 21.5. The highest BCUT2D eigenvalue weighted by molar-refractivity contribution is 5.78. The van der Waals surface area contributed by atoms with Crippen molar-refractivity contribution in [2.24, 2.45) is 0 Å². The molecule has 3 aromatic rings. The van der Waals surface area contributed by atoms with Crippen LogP contribution in [0.3, 0.4) is 0 Å². The molecule has 0 saturated carbocycles. The first kappa shape index (κ1) is 19.1. The fourth-order valence-corrected chi connectivity index (χ4v) is 4.31. The molecule has 3 N–H and O–H groups in total. The number of fused-ring (bicyclic) bond motifs is 1. The maximum atomic E-state index is 11.3. The van der Waals surface area contributed by atoms with E-state index in [4.69, 9.17) is 9.25 Å². The summed E-state index contributed by atoms with van der Waals surface area (Å²) in [5.41, 5.74) is 6.51. The van der Waals surface area contributed by atoms with E-state index in [0.717, 1.165) is 43.7 Å². The van der Waals surface area contributed by atoms with Gasteiger partial charge in [-0.2, -0.15) is 0 Å². The molecule has 0 bridgehead atoms. The Labute approximate surface area is 173 Å². The zero-order valence-electron chi connectivity index (χ0n) is 16.6. The first-order valence-corrected chi connectivity index (χ1v) is 10.3. The summed E-state index contributed by atoms with van der Waals surface area (Å²) in [6.45, 7) is 2.44. The molecule has 3 heterocycles. The van der Waals surface area contributed by atoms with Crippen molar-refractivity contribution < 1.29 is 14.4 Å². The van der Waals surface area contributed by atoms with Gasteiger partial charge in [0.05, 0.1) is 16.8 Å². The molecule has 5 rings (SSSR count). The van der Waals surface area contributed by atoms with Gasteiger partial charge in [-0.15, -0.1) is 0 Å². The average Bonchev–Trinajstić information content (AvgIpc) is 3.35. The van der Waals surface area contributed by atoms with Crippen LogP contribution in [0.2, 0.25) is 0 Å². The number of hydroxylamine groups is 1. The minimum Gasteiger partial charge on any atom is -0.408 e. The molecule has 7 nitrogen and oxygen atoms in total. The fraction of sp³-hybridized carbons (Fsp3) is 0.348. The first-order valence-electron chi connectivity index (χ1n) is 10.3. The lowest BCUT2D eigenvalue weighted by molar-refractivity contribution is -0.0362. The molecule has 2 aromatic carbocycles. The molecule has 1 fully saturated rings. The largest absolute Gasteiger partial charge is 0.417 e. The topological polar surface area (TPSA) is 90.7 Å². The van der Waals surface area contributed by atoms with Crippen molar-refractivity contribution in [2.45, 2.75) is 31.0 Å². The van der Waals surface area contributed by atoms with Crippen LogP contribution in [-0.2, 0) is 11.3 Å². The third-order valence-corrected chi connectivity index (χ3v) is 6.01. The van der Waals surface area contributed by atoms with Gasteiger partial charge >= 0.3 is 5.76 Å². The number of benzene rings is 2. The van der Waals surface area contributed by atoms with Crippen molar-refractivity contribution >= 4 is 16.8 Å². The van der Waals surface area contributed by atoms with Gasteiger partial charge in [0.1, 0.15) is 6.10 Å². The summed E-state index contributed by atoms with van der Waals surface area (Å²) >= 11 is 0. The summed E-state index contributed by atoms with van der Waals surface area (Å²) < 4.78 is 5.14. The molecule has 2 aliphatic rings. The predicted molar refractivity (Wildman–Crippen MR) is 114 cm³/mol. The molecule has 7 heteroatoms. The summed E-state index contributed by atoms with van der Waals surface area (Å²) in [5.74, 6) is -0.457. The van der Waals surface area contributed by atoms with E-state index < -0.39 is 11.4 Å². The second-order valence-corrected chi connectivity index (χ2v) is 8.25. The summed E-state index contributed by atoms with van der Waals surface area (Å²) in [6.07, 6.45) is 4.18. The van der Waals surface area contributed by atoms with Gasteiger partial charge in [0.15, 0.2) is 5.58 Å². The molecule has 1 saturated heterocycles. The lowest BCUT2D eigenvalue weighted by atomic mass is 9.85. The van der Waals surface area contributed by atoms with Gasteiger partial charge in [-0.05, 0) is 36.6 Å². The Balaban J connectivity index is 1.19. The van der Waals surface area contributed by atoms with Crippen LogP contribution in [-0.4, -0.2) is 46.3 Å². The van der Waals surface area contributed by atoms with Crippen LogP contribution in [0.4, 0.5) is 0 Å². The van der Waals surface area contributed by atoms with Crippen LogP contribution >= 0.6 is 0 Å². The van der Waals surface area contributed by atoms with Crippen LogP contribution in [0.5, 0.6) is 0 Å². The lowest BCUT2D eigenvalue weighted by Crippen LogP contribution is -2.47. The SMILES string of the molecule is O=c1[nH]c2ccc(C3=CC(CN4CCC(O)(Cc5ccccc5)CC4)ON3)cc2o1. The fourth-order valence-electron chi connectivity index (χ4n) is 4.31. The minimum atomic E-state index is -0.635. The van der Waals surface area contributed by atoms with E-state index in [1.54, 1.807) is 0 Å². The van der Waals surface area contributed by atoms with Gasteiger partial charge in [0.25, 0.3) is 0 Å². The van der Waals surface area contributed by atoms with E-state index in [1.807, 2.05) is 36.4 Å². The number of hydrogen-bond donors (Lipinski definition) is 3. The number of nitrogens with one attached hydrogen (secondary N) is 2. The van der Waals surface area contributed by atoms with E-state index in [1.165, 1.54) is 5.56 Å². The number of hydrogen-bond acceptors (Lipinski definition) is 6. The summed E-state index contributed by atoms with van der Waals surface area (Å²) in [7, 11) is 0. The van der Waals surface area contributed by atoms with Crippen molar-refractivity contribution in [2.75, 3.05) is 19.6 Å². The summed E-state index contributed by atoms with van der Waals surface area (Å²) in [4.78, 5) is 22.1. The van der Waals surface area contributed by atoms with E-state index in [9.17, 15) is 9.90 Å². The molecular weight excluding hydrogens is 382 g/mol. The van der Waals surface area contributed by atoms with Gasteiger partial charge in [-0.1, -0.05) is 36.4 Å². The third-order valence-electron chi connectivity index (χ3n) is 6.01. The number of piperidine rings is 1. The smallest absolute Gasteiger partial charge is 0.408 e. The second-order valence-electron chi connectivity index (χ2n) is 8.25. The maximum absolute atomic E-state index is 11.3. The molecule has 0 spiro atoms. The highest BCUT2D eigenvalue weighted by Gasteiger charge is 2.33. The molecule has 1 atom stereocenters. The number of likely N-dealkylation sites (tertiary alicyclic amines) is 1. The zero-order valence-corrected chi connectivity index (χ0v) is 16.6. The lowest BCUT2D eigenvalue weighted by Gasteiger charge is -2.38. The number of aromatic nitrogens is 1. The van der Waals surface area contributed by atoms with Gasteiger partial charge in [0, 0.05) is 31.6 Å². The number of rotatable bonds is 5. The zero-order chi connectivity index (χ0) is 20.6. The molecule has 0 aliphatic carbocycles. The van der Waals surface area contributed by atoms with Crippen molar-refractivity contribution in [1.29, 1.82) is 0 Å². The van der Waals surface area contributed by atoms with Crippen LogP contribution < -0.4 is 11.2 Å². The quantitative estimate of drug-likeness (QED) is 0.602. The first-order chi connectivity index (χ1) is 14.6. The van der Waals surface area contributed by atoms with Gasteiger partial charge in [-0.25, -0.2) is 4.79 Å². The van der Waals surface area contributed by atoms with Gasteiger partial charge < -0.3 is 14.4 Å². The monoisotopic (exact) mass is 407 g/mol. The van der Waals surface area contributed by atoms with Crippen molar-refractivity contribution in [3.8, 4) is 0 Å². The standard InChI is InChI=1S/C23H25N3O4/c27-22-24-19-7-6-17(12-21(19)29-22)20-13-18(30-25-20)15-26-10-8-23(28,9-11-26)14-16-4-2-1-3-5-16/h1-7,12-13,18,25,28H,8-11,14-15H2,(H,24,27). The number of aliphatic hydroxyl groups is 1. The predicted octanol–water partition coefficient (Wildman–Crippen LogP) is 2.44. The van der Waals surface area contributed by atoms with Crippen LogP contribution in [0.1, 0.15) is 24.0 Å². The summed E-state index contributed by atoms with van der Waals surface area (Å²) in [6, 6.07) is 15.7. The van der Waals surface area contributed by atoms with Gasteiger partial charge in [0.2, 0.25) is 0 Å². The molecule has 1 unspecified atom stereocenters. The Morgan fingerprint density at radius 2 is 1.93 bits per heavy atom. The Morgan fingerprint density at radius 3 is 2.73 bits per heavy atom. The Kier molecular flexibility index (Phi) is 4.94. The summed E-state index contributed by atoms with van der Waals surface area (Å²) in [5, 5.41) is 11.0. The van der Waals surface area contributed by atoms with Crippen LogP contribution in [0.15, 0.2) is 63.8 Å². The van der Waals surface area contributed by atoms with E-state index >= 15 is 0 Å². The number of oxazole rings is 1. The van der Waals surface area contributed by atoms with E-state index in [0.29, 0.717) is 17.5 Å². The molecule has 30 heavy (non-hydrogen) atoms. The average molecular weight is 407 g/mol. The van der Waals surface area contributed by atoms with Crippen LogP contribution in [0.25, 0.3) is 16.8 Å². The third kappa shape index (κ3) is 4.05. The minimum absolute atomic E-state index is 0.0748. The highest BCUT2D eigenvalue weighted by atomic mass is 16.7. The maximum Gasteiger partial charge on any atom is 0.417 e. The molecule has 0 radical (unpaired) electrons. The van der Waals surface area contributed by atoms with Gasteiger partial charge in [-0.3, -0.25) is 15.3 Å². The second kappa shape index (κ2) is 7.75. The molecule has 1 aromatic heterocycles. The number of aromatic amines is 1. The molecular formula is C23H25N3O4. The Hall–Kier alpha value is -2.87. The van der Waals surface area contributed by atoms with Crippen molar-refractivity contribution in [3.63, 3.8) is 0 Å². The van der Waals surface area contributed by atoms with E-state index in [2.05, 4.69) is 33.6 Å². The van der Waals surface area contributed by atoms with E-state index in [-0.39, 0.29) is 6.10 Å². The Bertz CT molecular complexity index is 1110. The van der Waals surface area contributed by atoms with Crippen molar-refractivity contribution in [3.05, 3.63) is 76.3 Å². The van der Waals surface area contributed by atoms with Crippen molar-refractivity contribution in [1.82, 2.24) is 15.4 Å².